The van der Waals surface area contributed by atoms with E-state index in [1.807, 2.05) is 25.9 Å². The van der Waals surface area contributed by atoms with Crippen molar-refractivity contribution in [2.45, 2.75) is 16.4 Å². The van der Waals surface area contributed by atoms with Gasteiger partial charge in [-0.05, 0) is 18.7 Å². The van der Waals surface area contributed by atoms with Crippen molar-refractivity contribution in [1.82, 2.24) is 25.1 Å². The predicted molar refractivity (Wildman–Crippen MR) is 78.9 cm³/mol. The fourth-order valence-electron chi connectivity index (χ4n) is 1.21. The van der Waals surface area contributed by atoms with Crippen LogP contribution in [0, 0.1) is 0 Å². The molecule has 0 spiro atoms. The van der Waals surface area contributed by atoms with Crippen LogP contribution in [0.4, 0.5) is 11.1 Å². The highest BCUT2D eigenvalue weighted by Gasteiger charge is 2.12. The van der Waals surface area contributed by atoms with Crippen molar-refractivity contribution >= 4 is 34.2 Å². The minimum atomic E-state index is 0.274. The van der Waals surface area contributed by atoms with Gasteiger partial charge in [-0.3, -0.25) is 0 Å². The average molecular weight is 313 g/mol. The zero-order valence-corrected chi connectivity index (χ0v) is 13.2. The average Bonchev–Trinajstić information content (AvgIpc) is 2.87. The summed E-state index contributed by atoms with van der Waals surface area (Å²) < 4.78 is 5.83. The molecule has 1 N–H and O–H groups in total. The van der Waals surface area contributed by atoms with Gasteiger partial charge in [0.25, 0.3) is 0 Å². The van der Waals surface area contributed by atoms with Gasteiger partial charge >= 0.3 is 6.01 Å². The van der Waals surface area contributed by atoms with Crippen LogP contribution < -0.4 is 15.0 Å². The Kier molecular flexibility index (Phi) is 4.90. The van der Waals surface area contributed by atoms with E-state index in [1.165, 1.54) is 30.2 Å². The largest absolute Gasteiger partial charge is 0.467 e. The van der Waals surface area contributed by atoms with Crippen molar-refractivity contribution in [3.05, 3.63) is 0 Å². The van der Waals surface area contributed by atoms with Crippen LogP contribution in [0.25, 0.3) is 0 Å². The number of nitrogens with one attached hydrogen (secondary N) is 1. The van der Waals surface area contributed by atoms with Crippen LogP contribution >= 0.6 is 23.1 Å². The number of rotatable bonds is 6. The smallest absolute Gasteiger partial charge is 0.321 e. The number of methoxy groups -OCH3 is 1. The molecular weight excluding hydrogens is 298 g/mol. The van der Waals surface area contributed by atoms with Gasteiger partial charge in [0.05, 0.1) is 7.11 Å². The topological polar surface area (TPSA) is 89.0 Å². The molecular formula is C10H15N7OS2. The molecule has 0 fully saturated rings. The fourth-order valence-corrected chi connectivity index (χ4v) is 2.82. The first-order chi connectivity index (χ1) is 9.62. The molecule has 0 atom stereocenters. The van der Waals surface area contributed by atoms with Crippen molar-refractivity contribution in [3.8, 4) is 6.01 Å². The van der Waals surface area contributed by atoms with Crippen LogP contribution in [0.3, 0.4) is 0 Å². The fraction of sp³-hybridized carbons (Fsp3) is 0.500. The zero-order valence-electron chi connectivity index (χ0n) is 11.6. The Morgan fingerprint density at radius 2 is 2.05 bits per heavy atom. The van der Waals surface area contributed by atoms with E-state index in [-0.39, 0.29) is 6.01 Å². The number of ether oxygens (including phenoxy) is 1. The molecule has 0 aliphatic heterocycles. The third-order valence-electron chi connectivity index (χ3n) is 2.07. The lowest BCUT2D eigenvalue weighted by molar-refractivity contribution is 0.373. The number of aromatic nitrogens is 5. The van der Waals surface area contributed by atoms with Gasteiger partial charge in [-0.15, -0.1) is 10.2 Å². The van der Waals surface area contributed by atoms with Crippen LogP contribution in [-0.4, -0.2) is 52.9 Å². The van der Waals surface area contributed by atoms with Crippen LogP contribution in [0.5, 0.6) is 6.01 Å². The first kappa shape index (κ1) is 14.7. The molecule has 0 radical (unpaired) electrons. The van der Waals surface area contributed by atoms with E-state index in [0.717, 1.165) is 16.0 Å². The summed E-state index contributed by atoms with van der Waals surface area (Å²) in [4.78, 5) is 14.5. The van der Waals surface area contributed by atoms with Crippen molar-refractivity contribution < 1.29 is 4.74 Å². The Balaban J connectivity index is 2.20. The van der Waals surface area contributed by atoms with E-state index in [1.54, 1.807) is 0 Å². The van der Waals surface area contributed by atoms with Gasteiger partial charge in [0.2, 0.25) is 16.2 Å². The monoisotopic (exact) mass is 313 g/mol. The minimum absolute atomic E-state index is 0.274. The molecule has 0 saturated heterocycles. The molecule has 0 amide bonds. The second-order valence-corrected chi connectivity index (χ2v) is 5.98. The zero-order chi connectivity index (χ0) is 14.5. The predicted octanol–water partition coefficient (Wildman–Crippen LogP) is 1.38. The number of nitrogens with zero attached hydrogens (tertiary/aromatic N) is 6. The molecule has 2 heterocycles. The standard InChI is InChI=1S/C10H15N7OS2/c1-5-11-6-12-7(18-4)14-8(13-6)19-10-16-15-9(20-10)17(2)3/h5H2,1-4H3,(H,11,12,13,14). The molecule has 8 nitrogen and oxygen atoms in total. The molecule has 0 bridgehead atoms. The minimum Gasteiger partial charge on any atom is -0.467 e. The Morgan fingerprint density at radius 3 is 2.65 bits per heavy atom. The Morgan fingerprint density at radius 1 is 1.25 bits per heavy atom. The number of anilines is 2. The third kappa shape index (κ3) is 3.67. The molecule has 0 saturated carbocycles. The highest BCUT2D eigenvalue weighted by atomic mass is 32.2. The molecule has 10 heteroatoms. The maximum absolute atomic E-state index is 5.07. The second kappa shape index (κ2) is 6.66. The first-order valence-corrected chi connectivity index (χ1v) is 7.48. The third-order valence-corrected chi connectivity index (χ3v) is 4.08. The van der Waals surface area contributed by atoms with Gasteiger partial charge < -0.3 is 15.0 Å². The van der Waals surface area contributed by atoms with Gasteiger partial charge in [0.15, 0.2) is 4.34 Å². The van der Waals surface area contributed by atoms with Gasteiger partial charge in [0, 0.05) is 20.6 Å². The SMILES string of the molecule is CCNc1nc(OC)nc(Sc2nnc(N(C)C)s2)n1. The van der Waals surface area contributed by atoms with E-state index < -0.39 is 0 Å². The lowest BCUT2D eigenvalue weighted by Crippen LogP contribution is -2.07. The molecule has 0 aromatic carbocycles. The van der Waals surface area contributed by atoms with Crippen molar-refractivity contribution in [2.24, 2.45) is 0 Å². The highest BCUT2D eigenvalue weighted by molar-refractivity contribution is 8.00. The van der Waals surface area contributed by atoms with Gasteiger partial charge in [-0.1, -0.05) is 11.3 Å². The van der Waals surface area contributed by atoms with Crippen LogP contribution in [-0.2, 0) is 0 Å². The summed E-state index contributed by atoms with van der Waals surface area (Å²) in [7, 11) is 5.36. The molecule has 0 aliphatic rings. The molecule has 2 aromatic heterocycles. The number of hydrogen-bond acceptors (Lipinski definition) is 10. The van der Waals surface area contributed by atoms with E-state index in [9.17, 15) is 0 Å². The van der Waals surface area contributed by atoms with E-state index in [4.69, 9.17) is 4.74 Å². The lowest BCUT2D eigenvalue weighted by atomic mass is 10.7. The summed E-state index contributed by atoms with van der Waals surface area (Å²) in [6, 6.07) is 0.274. The maximum Gasteiger partial charge on any atom is 0.321 e. The Labute approximate surface area is 125 Å². The summed E-state index contributed by atoms with van der Waals surface area (Å²) in [5.41, 5.74) is 0. The molecule has 0 aliphatic carbocycles. The summed E-state index contributed by atoms with van der Waals surface area (Å²) in [5.74, 6) is 0.485. The van der Waals surface area contributed by atoms with Crippen molar-refractivity contribution in [1.29, 1.82) is 0 Å². The molecule has 0 unspecified atom stereocenters. The normalized spacial score (nSPS) is 10.4. The van der Waals surface area contributed by atoms with Crippen LogP contribution in [0.1, 0.15) is 6.92 Å². The summed E-state index contributed by atoms with van der Waals surface area (Å²) in [5, 5.41) is 12.6. The van der Waals surface area contributed by atoms with E-state index in [2.05, 4.69) is 30.5 Å². The quantitative estimate of drug-likeness (QED) is 0.849. The number of hydrogen-bond donors (Lipinski definition) is 1. The van der Waals surface area contributed by atoms with E-state index in [0.29, 0.717) is 11.1 Å². The van der Waals surface area contributed by atoms with Gasteiger partial charge in [0.1, 0.15) is 0 Å². The van der Waals surface area contributed by atoms with Gasteiger partial charge in [-0.2, -0.15) is 15.0 Å². The summed E-state index contributed by atoms with van der Waals surface area (Å²) >= 11 is 2.80. The molecule has 108 valence electrons. The van der Waals surface area contributed by atoms with Crippen molar-refractivity contribution in [3.63, 3.8) is 0 Å². The summed E-state index contributed by atoms with van der Waals surface area (Å²) in [6.07, 6.45) is 0. The van der Waals surface area contributed by atoms with E-state index >= 15 is 0 Å². The Hall–Kier alpha value is -1.68. The van der Waals surface area contributed by atoms with Gasteiger partial charge in [-0.25, -0.2) is 0 Å². The summed E-state index contributed by atoms with van der Waals surface area (Å²) in [6.45, 7) is 2.69. The lowest BCUT2D eigenvalue weighted by Gasteiger charge is -2.05. The first-order valence-electron chi connectivity index (χ1n) is 5.85. The molecule has 20 heavy (non-hydrogen) atoms. The highest BCUT2D eigenvalue weighted by Crippen LogP contribution is 2.31. The van der Waals surface area contributed by atoms with Crippen molar-refractivity contribution in [2.75, 3.05) is 38.0 Å². The Bertz CT molecular complexity index is 574. The second-order valence-electron chi connectivity index (χ2n) is 3.81. The molecule has 2 aromatic rings. The molecule has 2 rings (SSSR count). The van der Waals surface area contributed by atoms with Crippen LogP contribution in [0.15, 0.2) is 9.50 Å². The van der Waals surface area contributed by atoms with Crippen LogP contribution in [0.2, 0.25) is 0 Å². The maximum atomic E-state index is 5.07.